The Labute approximate surface area is 140 Å². The van der Waals surface area contributed by atoms with E-state index in [2.05, 4.69) is 11.7 Å². The van der Waals surface area contributed by atoms with E-state index in [-0.39, 0.29) is 5.97 Å². The number of esters is 1. The Hall–Kier alpha value is -1.29. The van der Waals surface area contributed by atoms with Gasteiger partial charge in [0.2, 0.25) is 0 Å². The van der Waals surface area contributed by atoms with E-state index in [0.717, 1.165) is 70.0 Å². The van der Waals surface area contributed by atoms with Crippen LogP contribution in [0.4, 0.5) is 0 Å². The van der Waals surface area contributed by atoms with Crippen molar-refractivity contribution in [3.63, 3.8) is 0 Å². The monoisotopic (exact) mass is 324 g/mol. The van der Waals surface area contributed by atoms with Crippen LogP contribution in [0, 0.1) is 0 Å². The molecule has 0 aromatic carbocycles. The molecule has 4 nitrogen and oxygen atoms in total. The van der Waals surface area contributed by atoms with Crippen LogP contribution in [0.3, 0.4) is 0 Å². The number of hydrogen-bond donors (Lipinski definition) is 1. The molecule has 0 saturated carbocycles. The van der Waals surface area contributed by atoms with E-state index >= 15 is 0 Å². The van der Waals surface area contributed by atoms with Crippen LogP contribution in [0.5, 0.6) is 0 Å². The van der Waals surface area contributed by atoms with Gasteiger partial charge in [0.05, 0.1) is 7.11 Å². The van der Waals surface area contributed by atoms with E-state index in [1.54, 1.807) is 0 Å². The first-order valence-corrected chi connectivity index (χ1v) is 9.00. The van der Waals surface area contributed by atoms with Crippen molar-refractivity contribution in [3.8, 4) is 0 Å². The second kappa shape index (κ2) is 12.2. The molecular weight excluding hydrogens is 292 g/mol. The molecule has 4 heteroatoms. The number of aryl methyl sites for hydroxylation is 1. The van der Waals surface area contributed by atoms with E-state index < -0.39 is 6.10 Å². The topological polar surface area (TPSA) is 59.7 Å². The lowest BCUT2D eigenvalue weighted by Crippen LogP contribution is -1.99. The van der Waals surface area contributed by atoms with E-state index in [1.165, 1.54) is 7.11 Å². The van der Waals surface area contributed by atoms with Crippen molar-refractivity contribution < 1.29 is 19.1 Å². The number of aliphatic hydroxyl groups is 1. The van der Waals surface area contributed by atoms with Gasteiger partial charge in [0.15, 0.2) is 0 Å². The summed E-state index contributed by atoms with van der Waals surface area (Å²) in [6.07, 6.45) is 10.4. The Morgan fingerprint density at radius 3 is 2.61 bits per heavy atom. The highest BCUT2D eigenvalue weighted by atomic mass is 16.5. The van der Waals surface area contributed by atoms with Crippen molar-refractivity contribution in [3.05, 3.63) is 23.7 Å². The first-order chi connectivity index (χ1) is 11.2. The quantitative estimate of drug-likeness (QED) is 0.412. The number of carbonyl (C=O) groups excluding carboxylic acids is 1. The van der Waals surface area contributed by atoms with Gasteiger partial charge in [0, 0.05) is 12.8 Å². The molecule has 0 fully saturated rings. The molecule has 1 aromatic rings. The molecule has 0 aliphatic carbocycles. The molecular formula is C19H32O4. The number of methoxy groups -OCH3 is 1. The van der Waals surface area contributed by atoms with E-state index in [4.69, 9.17) is 4.42 Å². The maximum Gasteiger partial charge on any atom is 0.305 e. The van der Waals surface area contributed by atoms with Gasteiger partial charge in [-0.15, -0.1) is 0 Å². The normalized spacial score (nSPS) is 12.3. The van der Waals surface area contributed by atoms with Crippen LogP contribution in [0.1, 0.15) is 88.8 Å². The number of aliphatic hydroxyl groups excluding tert-OH is 1. The van der Waals surface area contributed by atoms with E-state index in [9.17, 15) is 9.90 Å². The van der Waals surface area contributed by atoms with Crippen molar-refractivity contribution in [1.29, 1.82) is 0 Å². The molecule has 0 spiro atoms. The van der Waals surface area contributed by atoms with Gasteiger partial charge in [-0.3, -0.25) is 4.79 Å². The number of unbranched alkanes of at least 4 members (excludes halogenated alkanes) is 6. The molecule has 0 aliphatic rings. The largest absolute Gasteiger partial charge is 0.469 e. The second-order valence-corrected chi connectivity index (χ2v) is 6.16. The standard InChI is InChI=1S/C19H32O4/c1-3-4-8-12-17(20)18-15-14-16(23-18)11-9-6-5-7-10-13-19(21)22-2/h14-15,17,20H,3-13H2,1-2H3. The molecule has 0 bridgehead atoms. The summed E-state index contributed by atoms with van der Waals surface area (Å²) in [5.41, 5.74) is 0. The van der Waals surface area contributed by atoms with Crippen molar-refractivity contribution >= 4 is 5.97 Å². The van der Waals surface area contributed by atoms with E-state index in [1.807, 2.05) is 12.1 Å². The molecule has 1 rings (SSSR count). The summed E-state index contributed by atoms with van der Waals surface area (Å²) in [7, 11) is 1.43. The summed E-state index contributed by atoms with van der Waals surface area (Å²) in [6.45, 7) is 2.16. The van der Waals surface area contributed by atoms with Crippen molar-refractivity contribution in [2.24, 2.45) is 0 Å². The summed E-state index contributed by atoms with van der Waals surface area (Å²) in [6, 6.07) is 3.89. The number of rotatable bonds is 13. The maximum atomic E-state index is 11.0. The third-order valence-corrected chi connectivity index (χ3v) is 4.12. The minimum absolute atomic E-state index is 0.120. The van der Waals surface area contributed by atoms with Gasteiger partial charge in [-0.1, -0.05) is 45.4 Å². The van der Waals surface area contributed by atoms with Gasteiger partial charge in [0.1, 0.15) is 17.6 Å². The van der Waals surface area contributed by atoms with Gasteiger partial charge < -0.3 is 14.3 Å². The van der Waals surface area contributed by atoms with Gasteiger partial charge in [-0.25, -0.2) is 0 Å². The summed E-state index contributed by atoms with van der Waals surface area (Å²) in [5, 5.41) is 10.1. The molecule has 0 saturated heterocycles. The third kappa shape index (κ3) is 8.80. The molecule has 1 aromatic heterocycles. The molecule has 1 unspecified atom stereocenters. The zero-order valence-corrected chi connectivity index (χ0v) is 14.7. The minimum Gasteiger partial charge on any atom is -0.469 e. The fourth-order valence-electron chi connectivity index (χ4n) is 2.64. The highest BCUT2D eigenvalue weighted by Crippen LogP contribution is 2.23. The van der Waals surface area contributed by atoms with Crippen LogP contribution < -0.4 is 0 Å². The van der Waals surface area contributed by atoms with Crippen LogP contribution >= 0.6 is 0 Å². The van der Waals surface area contributed by atoms with Crippen LogP contribution in [0.25, 0.3) is 0 Å². The van der Waals surface area contributed by atoms with Gasteiger partial charge in [-0.2, -0.15) is 0 Å². The lowest BCUT2D eigenvalue weighted by atomic mass is 10.1. The second-order valence-electron chi connectivity index (χ2n) is 6.16. The lowest BCUT2D eigenvalue weighted by molar-refractivity contribution is -0.140. The molecule has 1 heterocycles. The van der Waals surface area contributed by atoms with Crippen LogP contribution in [0.2, 0.25) is 0 Å². The van der Waals surface area contributed by atoms with Crippen molar-refractivity contribution in [1.82, 2.24) is 0 Å². The summed E-state index contributed by atoms with van der Waals surface area (Å²) in [5.74, 6) is 1.55. The zero-order valence-electron chi connectivity index (χ0n) is 14.7. The predicted molar refractivity (Wildman–Crippen MR) is 91.2 cm³/mol. The van der Waals surface area contributed by atoms with E-state index in [0.29, 0.717) is 12.2 Å². The van der Waals surface area contributed by atoms with Crippen molar-refractivity contribution in [2.45, 2.75) is 83.7 Å². The Morgan fingerprint density at radius 1 is 1.13 bits per heavy atom. The smallest absolute Gasteiger partial charge is 0.305 e. The minimum atomic E-state index is -0.464. The van der Waals surface area contributed by atoms with Crippen LogP contribution in [0.15, 0.2) is 16.5 Å². The Morgan fingerprint density at radius 2 is 1.87 bits per heavy atom. The van der Waals surface area contributed by atoms with Crippen LogP contribution in [-0.4, -0.2) is 18.2 Å². The summed E-state index contributed by atoms with van der Waals surface area (Å²) >= 11 is 0. The molecule has 0 amide bonds. The molecule has 23 heavy (non-hydrogen) atoms. The molecule has 0 radical (unpaired) electrons. The molecule has 1 N–H and O–H groups in total. The van der Waals surface area contributed by atoms with Gasteiger partial charge >= 0.3 is 5.97 Å². The summed E-state index contributed by atoms with van der Waals surface area (Å²) < 4.78 is 10.4. The fourth-order valence-corrected chi connectivity index (χ4v) is 2.64. The van der Waals surface area contributed by atoms with Gasteiger partial charge in [-0.05, 0) is 31.4 Å². The van der Waals surface area contributed by atoms with Crippen molar-refractivity contribution in [2.75, 3.05) is 7.11 Å². The molecule has 1 atom stereocenters. The zero-order chi connectivity index (χ0) is 16.9. The van der Waals surface area contributed by atoms with Crippen LogP contribution in [-0.2, 0) is 16.0 Å². The SMILES string of the molecule is CCCCCC(O)c1ccc(CCCCCCCC(=O)OC)o1. The van der Waals surface area contributed by atoms with Gasteiger partial charge in [0.25, 0.3) is 0 Å². The third-order valence-electron chi connectivity index (χ3n) is 4.12. The average Bonchev–Trinajstić information content (AvgIpc) is 3.02. The lowest BCUT2D eigenvalue weighted by Gasteiger charge is -2.06. The Kier molecular flexibility index (Phi) is 10.5. The highest BCUT2D eigenvalue weighted by molar-refractivity contribution is 5.68. The first-order valence-electron chi connectivity index (χ1n) is 9.00. The Balaban J connectivity index is 2.10. The Bertz CT molecular complexity index is 425. The molecule has 132 valence electrons. The number of carbonyl (C=O) groups is 1. The average molecular weight is 324 g/mol. The predicted octanol–water partition coefficient (Wildman–Crippen LogP) is 4.95. The summed E-state index contributed by atoms with van der Waals surface area (Å²) in [4.78, 5) is 11.0. The highest BCUT2D eigenvalue weighted by Gasteiger charge is 2.11. The molecule has 0 aliphatic heterocycles. The number of ether oxygens (including phenoxy) is 1. The fraction of sp³-hybridized carbons (Fsp3) is 0.737. The number of hydrogen-bond acceptors (Lipinski definition) is 4. The number of furan rings is 1. The maximum absolute atomic E-state index is 11.0. The first kappa shape index (κ1) is 19.8.